The van der Waals surface area contributed by atoms with Gasteiger partial charge >= 0.3 is 0 Å². The molecule has 0 fully saturated rings. The smallest absolute Gasteiger partial charge is 0.264 e. The molecule has 3 nitrogen and oxygen atoms in total. The lowest BCUT2D eigenvalue weighted by Crippen LogP contribution is -2.05. The van der Waals surface area contributed by atoms with Gasteiger partial charge in [-0.1, -0.05) is 0 Å². The second-order valence-corrected chi connectivity index (χ2v) is 3.37. The quantitative estimate of drug-likeness (QED) is 0.802. The number of rotatable bonds is 1. The van der Waals surface area contributed by atoms with Crippen LogP contribution < -0.4 is 5.56 Å². The molecule has 2 rings (SSSR count). The van der Waals surface area contributed by atoms with E-state index in [2.05, 4.69) is 10.2 Å². The summed E-state index contributed by atoms with van der Waals surface area (Å²) in [4.78, 5) is 10.8. The Morgan fingerprint density at radius 3 is 2.31 bits per heavy atom. The minimum atomic E-state index is -0.636. The molecule has 0 bridgehead atoms. The number of hydrogen-bond acceptors (Lipinski definition) is 2. The summed E-state index contributed by atoms with van der Waals surface area (Å²) in [6, 6.07) is 5.01. The predicted molar refractivity (Wildman–Crippen MR) is 54.9 cm³/mol. The van der Waals surface area contributed by atoms with Crippen LogP contribution in [0.4, 0.5) is 8.78 Å². The van der Waals surface area contributed by atoms with Crippen LogP contribution in [0.1, 0.15) is 5.56 Å². The summed E-state index contributed by atoms with van der Waals surface area (Å²) < 4.78 is 26.5. The molecule has 16 heavy (non-hydrogen) atoms. The maximum atomic E-state index is 13.3. The summed E-state index contributed by atoms with van der Waals surface area (Å²) in [5, 5.41) is 5.89. The van der Waals surface area contributed by atoms with Gasteiger partial charge in [0.15, 0.2) is 0 Å². The molecule has 0 aliphatic carbocycles. The Morgan fingerprint density at radius 2 is 1.81 bits per heavy atom. The first kappa shape index (κ1) is 10.5. The van der Waals surface area contributed by atoms with Crippen LogP contribution in [0.25, 0.3) is 11.3 Å². The molecule has 2 aromatic rings. The fourth-order valence-corrected chi connectivity index (χ4v) is 1.30. The SMILES string of the molecule is Cc1c(F)cc(-c2ccc(=O)[nH]n2)cc1F. The normalized spacial score (nSPS) is 10.4. The van der Waals surface area contributed by atoms with Crippen molar-refractivity contribution in [2.75, 3.05) is 0 Å². The fourth-order valence-electron chi connectivity index (χ4n) is 1.30. The van der Waals surface area contributed by atoms with Crippen molar-refractivity contribution in [1.82, 2.24) is 10.2 Å². The standard InChI is InChI=1S/C11H8F2N2O/c1-6-8(12)4-7(5-9(6)13)10-2-3-11(16)15-14-10/h2-5H,1H3,(H,15,16). The van der Waals surface area contributed by atoms with Crippen LogP contribution in [0, 0.1) is 18.6 Å². The molecule has 1 N–H and O–H groups in total. The first-order valence-electron chi connectivity index (χ1n) is 4.59. The summed E-state index contributed by atoms with van der Waals surface area (Å²) in [7, 11) is 0. The maximum Gasteiger partial charge on any atom is 0.264 e. The van der Waals surface area contributed by atoms with Crippen molar-refractivity contribution >= 4 is 0 Å². The molecule has 1 aromatic carbocycles. The summed E-state index contributed by atoms with van der Waals surface area (Å²) >= 11 is 0. The number of nitrogens with zero attached hydrogens (tertiary/aromatic N) is 1. The van der Waals surface area contributed by atoms with Gasteiger partial charge in [0.25, 0.3) is 5.56 Å². The van der Waals surface area contributed by atoms with Crippen molar-refractivity contribution in [2.45, 2.75) is 6.92 Å². The highest BCUT2D eigenvalue weighted by molar-refractivity contribution is 5.59. The van der Waals surface area contributed by atoms with Crippen molar-refractivity contribution in [1.29, 1.82) is 0 Å². The highest BCUT2D eigenvalue weighted by atomic mass is 19.1. The minimum Gasteiger partial charge on any atom is -0.268 e. The Bertz CT molecular complexity index is 549. The van der Waals surface area contributed by atoms with E-state index >= 15 is 0 Å². The average molecular weight is 222 g/mol. The zero-order valence-corrected chi connectivity index (χ0v) is 8.42. The Labute approximate surface area is 89.8 Å². The number of halogens is 2. The van der Waals surface area contributed by atoms with Crippen LogP contribution in [0.3, 0.4) is 0 Å². The van der Waals surface area contributed by atoms with Gasteiger partial charge in [0.05, 0.1) is 5.69 Å². The fraction of sp³-hybridized carbons (Fsp3) is 0.0909. The van der Waals surface area contributed by atoms with E-state index in [0.29, 0.717) is 5.69 Å². The zero-order valence-electron chi connectivity index (χ0n) is 8.42. The molecule has 0 saturated carbocycles. The van der Waals surface area contributed by atoms with E-state index in [1.165, 1.54) is 31.2 Å². The van der Waals surface area contributed by atoms with E-state index in [1.54, 1.807) is 0 Å². The molecule has 5 heteroatoms. The average Bonchev–Trinajstić information content (AvgIpc) is 2.26. The molecule has 1 aromatic heterocycles. The first-order chi connectivity index (χ1) is 7.58. The first-order valence-corrected chi connectivity index (χ1v) is 4.59. The van der Waals surface area contributed by atoms with Gasteiger partial charge in [0.1, 0.15) is 11.6 Å². The number of nitrogens with one attached hydrogen (secondary N) is 1. The van der Waals surface area contributed by atoms with E-state index < -0.39 is 11.6 Å². The zero-order chi connectivity index (χ0) is 11.7. The molecule has 0 spiro atoms. The van der Waals surface area contributed by atoms with Gasteiger partial charge in [0.2, 0.25) is 0 Å². The number of benzene rings is 1. The number of H-pyrrole nitrogens is 1. The van der Waals surface area contributed by atoms with Crippen molar-refractivity contribution < 1.29 is 8.78 Å². The van der Waals surface area contributed by atoms with Crippen LogP contribution in [0.5, 0.6) is 0 Å². The van der Waals surface area contributed by atoms with Crippen LogP contribution in [-0.2, 0) is 0 Å². The molecular weight excluding hydrogens is 214 g/mol. The van der Waals surface area contributed by atoms with E-state index in [9.17, 15) is 13.6 Å². The number of hydrogen-bond donors (Lipinski definition) is 1. The molecule has 82 valence electrons. The third kappa shape index (κ3) is 1.84. The topological polar surface area (TPSA) is 45.8 Å². The van der Waals surface area contributed by atoms with Crippen LogP contribution in [0.15, 0.2) is 29.1 Å². The summed E-state index contributed by atoms with van der Waals surface area (Å²) in [5.41, 5.74) is 0.208. The summed E-state index contributed by atoms with van der Waals surface area (Å²) in [6.07, 6.45) is 0. The van der Waals surface area contributed by atoms with Gasteiger partial charge < -0.3 is 0 Å². The van der Waals surface area contributed by atoms with Gasteiger partial charge in [-0.3, -0.25) is 4.79 Å². The van der Waals surface area contributed by atoms with Gasteiger partial charge in [-0.25, -0.2) is 13.9 Å². The van der Waals surface area contributed by atoms with Gasteiger partial charge in [-0.15, -0.1) is 0 Å². The number of aromatic amines is 1. The second kappa shape index (κ2) is 3.84. The van der Waals surface area contributed by atoms with Crippen LogP contribution >= 0.6 is 0 Å². The van der Waals surface area contributed by atoms with Crippen molar-refractivity contribution in [3.63, 3.8) is 0 Å². The molecule has 0 unspecified atom stereocenters. The molecule has 1 heterocycles. The Balaban J connectivity index is 2.56. The molecule has 0 radical (unpaired) electrons. The molecule has 0 saturated heterocycles. The third-order valence-electron chi connectivity index (χ3n) is 2.26. The Morgan fingerprint density at radius 1 is 1.19 bits per heavy atom. The van der Waals surface area contributed by atoms with Gasteiger partial charge in [-0.05, 0) is 25.1 Å². The molecule has 0 amide bonds. The summed E-state index contributed by atoms with van der Waals surface area (Å²) in [6.45, 7) is 1.36. The van der Waals surface area contributed by atoms with E-state index in [-0.39, 0.29) is 16.7 Å². The predicted octanol–water partition coefficient (Wildman–Crippen LogP) is 2.02. The van der Waals surface area contributed by atoms with Crippen molar-refractivity contribution in [3.8, 4) is 11.3 Å². The van der Waals surface area contributed by atoms with Gasteiger partial charge in [0, 0.05) is 17.2 Å². The van der Waals surface area contributed by atoms with Crippen LogP contribution in [-0.4, -0.2) is 10.2 Å². The monoisotopic (exact) mass is 222 g/mol. The van der Waals surface area contributed by atoms with Crippen molar-refractivity contribution in [2.24, 2.45) is 0 Å². The lowest BCUT2D eigenvalue weighted by molar-refractivity contribution is 0.569. The minimum absolute atomic E-state index is 0.0341. The Hall–Kier alpha value is -2.04. The van der Waals surface area contributed by atoms with Crippen molar-refractivity contribution in [3.05, 3.63) is 51.8 Å². The summed E-state index contributed by atoms with van der Waals surface area (Å²) in [5.74, 6) is -1.27. The van der Waals surface area contributed by atoms with Gasteiger partial charge in [-0.2, -0.15) is 5.10 Å². The highest BCUT2D eigenvalue weighted by Crippen LogP contribution is 2.21. The largest absolute Gasteiger partial charge is 0.268 e. The van der Waals surface area contributed by atoms with E-state index in [0.717, 1.165) is 0 Å². The Kier molecular flexibility index (Phi) is 2.52. The molecular formula is C11H8F2N2O. The van der Waals surface area contributed by atoms with E-state index in [4.69, 9.17) is 0 Å². The molecule has 0 aliphatic rings. The molecule has 0 aliphatic heterocycles. The number of aromatic nitrogens is 2. The molecule has 0 atom stereocenters. The third-order valence-corrected chi connectivity index (χ3v) is 2.26. The van der Waals surface area contributed by atoms with Crippen LogP contribution in [0.2, 0.25) is 0 Å². The lowest BCUT2D eigenvalue weighted by Gasteiger charge is -2.03. The lowest BCUT2D eigenvalue weighted by atomic mass is 10.1. The highest BCUT2D eigenvalue weighted by Gasteiger charge is 2.08. The maximum absolute atomic E-state index is 13.3. The van der Waals surface area contributed by atoms with E-state index in [1.807, 2.05) is 0 Å². The second-order valence-electron chi connectivity index (χ2n) is 3.37.